The van der Waals surface area contributed by atoms with Gasteiger partial charge in [-0.3, -0.25) is 9.59 Å². The molecule has 1 aliphatic carbocycles. The summed E-state index contributed by atoms with van der Waals surface area (Å²) in [6.07, 6.45) is 5.15. The summed E-state index contributed by atoms with van der Waals surface area (Å²) in [5, 5.41) is 13.0. The first-order valence-electron chi connectivity index (χ1n) is 8.99. The molecule has 132 valence electrons. The highest BCUT2D eigenvalue weighted by molar-refractivity contribution is 6.04. The minimum atomic E-state index is -0.566. The Bertz CT molecular complexity index is 617. The number of hydrogen-bond donors (Lipinski definition) is 3. The van der Waals surface area contributed by atoms with E-state index in [0.29, 0.717) is 24.2 Å². The van der Waals surface area contributed by atoms with Crippen LogP contribution in [0.1, 0.15) is 64.2 Å². The van der Waals surface area contributed by atoms with Gasteiger partial charge in [-0.05, 0) is 51.3 Å². The summed E-state index contributed by atoms with van der Waals surface area (Å²) >= 11 is 0. The molecule has 1 saturated heterocycles. The van der Waals surface area contributed by atoms with Crippen molar-refractivity contribution in [2.75, 3.05) is 26.2 Å². The molecule has 1 aromatic heterocycles. The van der Waals surface area contributed by atoms with E-state index in [9.17, 15) is 14.7 Å². The Labute approximate surface area is 142 Å². The predicted octanol–water partition coefficient (Wildman–Crippen LogP) is 1.42. The number of rotatable bonds is 5. The molecular weight excluding hydrogens is 306 g/mol. The van der Waals surface area contributed by atoms with Crippen molar-refractivity contribution >= 4 is 11.7 Å². The van der Waals surface area contributed by atoms with Crippen molar-refractivity contribution in [2.45, 2.75) is 51.6 Å². The fraction of sp³-hybridized carbons (Fsp3) is 0.667. The van der Waals surface area contributed by atoms with E-state index in [0.717, 1.165) is 37.2 Å². The van der Waals surface area contributed by atoms with Gasteiger partial charge in [-0.2, -0.15) is 0 Å². The lowest BCUT2D eigenvalue weighted by atomic mass is 9.93. The van der Waals surface area contributed by atoms with Gasteiger partial charge in [0.1, 0.15) is 0 Å². The van der Waals surface area contributed by atoms with Gasteiger partial charge < -0.3 is 20.3 Å². The molecule has 0 spiro atoms. The molecule has 0 saturated carbocycles. The summed E-state index contributed by atoms with van der Waals surface area (Å²) in [6.45, 7) is 4.71. The molecule has 1 aliphatic heterocycles. The van der Waals surface area contributed by atoms with Crippen molar-refractivity contribution in [3.63, 3.8) is 0 Å². The number of amides is 1. The molecule has 6 heteroatoms. The largest absolute Gasteiger partial charge is 0.390 e. The lowest BCUT2D eigenvalue weighted by Gasteiger charge is -2.28. The standard InChI is InChI=1S/C18H27N3O3/c1-12-16(14-6-5-7-15(23)17(14)20-12)18(24)19-10-13(22)11-21-8-3-2-4-9-21/h13,20,22H,2-11H2,1H3,(H,19,24). The summed E-state index contributed by atoms with van der Waals surface area (Å²) in [5.41, 5.74) is 2.76. The second-order valence-corrected chi connectivity index (χ2v) is 6.98. The molecular formula is C18H27N3O3. The number of H-pyrrole nitrogens is 1. The molecule has 24 heavy (non-hydrogen) atoms. The highest BCUT2D eigenvalue weighted by atomic mass is 16.3. The Morgan fingerprint density at radius 1 is 1.25 bits per heavy atom. The number of β-amino-alcohol motifs (C(OH)–C–C–N with tert-alkyl or cyclic N) is 1. The number of aliphatic hydroxyl groups is 1. The molecule has 0 bridgehead atoms. The van der Waals surface area contributed by atoms with E-state index in [2.05, 4.69) is 15.2 Å². The number of fused-ring (bicyclic) bond motifs is 1. The van der Waals surface area contributed by atoms with E-state index in [4.69, 9.17) is 0 Å². The average Bonchev–Trinajstić information content (AvgIpc) is 2.91. The Balaban J connectivity index is 1.58. The number of piperidine rings is 1. The number of nitrogens with zero attached hydrogens (tertiary/aromatic N) is 1. The van der Waals surface area contributed by atoms with Crippen molar-refractivity contribution in [3.05, 3.63) is 22.5 Å². The van der Waals surface area contributed by atoms with E-state index in [1.54, 1.807) is 0 Å². The van der Waals surface area contributed by atoms with E-state index in [-0.39, 0.29) is 18.2 Å². The lowest BCUT2D eigenvalue weighted by molar-refractivity contribution is 0.0829. The van der Waals surface area contributed by atoms with Gasteiger partial charge >= 0.3 is 0 Å². The number of carbonyl (C=O) groups is 2. The summed E-state index contributed by atoms with van der Waals surface area (Å²) < 4.78 is 0. The summed E-state index contributed by atoms with van der Waals surface area (Å²) in [5.74, 6) is -0.110. The highest BCUT2D eigenvalue weighted by Crippen LogP contribution is 2.26. The van der Waals surface area contributed by atoms with Gasteiger partial charge in [-0.1, -0.05) is 6.42 Å². The molecule has 2 aliphatic rings. The SMILES string of the molecule is Cc1[nH]c2c(c1C(=O)NCC(O)CN1CCCCC1)CCCC2=O. The Kier molecular flexibility index (Phi) is 5.36. The molecule has 1 aromatic rings. The smallest absolute Gasteiger partial charge is 0.253 e. The number of nitrogens with one attached hydrogen (secondary N) is 2. The van der Waals surface area contributed by atoms with E-state index in [1.807, 2.05) is 6.92 Å². The van der Waals surface area contributed by atoms with Crippen molar-refractivity contribution in [2.24, 2.45) is 0 Å². The Morgan fingerprint density at radius 2 is 2.00 bits per heavy atom. The number of ketones is 1. The van der Waals surface area contributed by atoms with Crippen LogP contribution in [0.15, 0.2) is 0 Å². The minimum Gasteiger partial charge on any atom is -0.390 e. The molecule has 2 heterocycles. The van der Waals surface area contributed by atoms with Crippen LogP contribution in [0, 0.1) is 6.92 Å². The highest BCUT2D eigenvalue weighted by Gasteiger charge is 2.27. The normalized spacial score (nSPS) is 19.8. The molecule has 3 rings (SSSR count). The molecule has 1 fully saturated rings. The van der Waals surface area contributed by atoms with Gasteiger partial charge in [0.25, 0.3) is 5.91 Å². The third-order valence-electron chi connectivity index (χ3n) is 5.04. The zero-order chi connectivity index (χ0) is 17.1. The Hall–Kier alpha value is -1.66. The molecule has 1 unspecified atom stereocenters. The maximum atomic E-state index is 12.5. The van der Waals surface area contributed by atoms with Crippen molar-refractivity contribution in [3.8, 4) is 0 Å². The van der Waals surface area contributed by atoms with Crippen LogP contribution in [0.5, 0.6) is 0 Å². The number of carbonyl (C=O) groups excluding carboxylic acids is 2. The van der Waals surface area contributed by atoms with Gasteiger partial charge in [-0.25, -0.2) is 0 Å². The molecule has 0 radical (unpaired) electrons. The fourth-order valence-corrected chi connectivity index (χ4v) is 3.83. The number of aryl methyl sites for hydroxylation is 1. The van der Waals surface area contributed by atoms with Crippen LogP contribution in [0.2, 0.25) is 0 Å². The van der Waals surface area contributed by atoms with Crippen LogP contribution in [0.3, 0.4) is 0 Å². The molecule has 1 atom stereocenters. The zero-order valence-corrected chi connectivity index (χ0v) is 14.4. The van der Waals surface area contributed by atoms with E-state index < -0.39 is 6.10 Å². The van der Waals surface area contributed by atoms with Gasteiger partial charge in [0.05, 0.1) is 17.4 Å². The molecule has 3 N–H and O–H groups in total. The van der Waals surface area contributed by atoms with Gasteiger partial charge in [-0.15, -0.1) is 0 Å². The van der Waals surface area contributed by atoms with Crippen LogP contribution >= 0.6 is 0 Å². The topological polar surface area (TPSA) is 85.4 Å². The molecule has 6 nitrogen and oxygen atoms in total. The fourth-order valence-electron chi connectivity index (χ4n) is 3.83. The van der Waals surface area contributed by atoms with E-state index in [1.165, 1.54) is 19.3 Å². The van der Waals surface area contributed by atoms with Crippen LogP contribution in [-0.2, 0) is 6.42 Å². The summed E-state index contributed by atoms with van der Waals surface area (Å²) in [7, 11) is 0. The first kappa shape index (κ1) is 17.2. The zero-order valence-electron chi connectivity index (χ0n) is 14.4. The molecule has 1 amide bonds. The van der Waals surface area contributed by atoms with Crippen LogP contribution in [0.4, 0.5) is 0 Å². The maximum absolute atomic E-state index is 12.5. The average molecular weight is 333 g/mol. The van der Waals surface area contributed by atoms with E-state index >= 15 is 0 Å². The minimum absolute atomic E-state index is 0.0866. The van der Waals surface area contributed by atoms with Crippen molar-refractivity contribution in [1.82, 2.24) is 15.2 Å². The van der Waals surface area contributed by atoms with Crippen molar-refractivity contribution in [1.29, 1.82) is 0 Å². The van der Waals surface area contributed by atoms with Crippen molar-refractivity contribution < 1.29 is 14.7 Å². The van der Waals surface area contributed by atoms with Crippen LogP contribution in [0.25, 0.3) is 0 Å². The predicted molar refractivity (Wildman–Crippen MR) is 91.4 cm³/mol. The van der Waals surface area contributed by atoms with Gasteiger partial charge in [0.15, 0.2) is 5.78 Å². The monoisotopic (exact) mass is 333 g/mol. The number of Topliss-reactive ketones (excluding diaryl/α,β-unsaturated/α-hetero) is 1. The lowest BCUT2D eigenvalue weighted by Crippen LogP contribution is -2.42. The summed E-state index contributed by atoms with van der Waals surface area (Å²) in [4.78, 5) is 29.8. The third-order valence-corrected chi connectivity index (χ3v) is 5.04. The summed E-state index contributed by atoms with van der Waals surface area (Å²) in [6, 6.07) is 0. The molecule has 0 aromatic carbocycles. The number of aliphatic hydroxyl groups excluding tert-OH is 1. The quantitative estimate of drug-likeness (QED) is 0.761. The number of likely N-dealkylation sites (tertiary alicyclic amines) is 1. The van der Waals surface area contributed by atoms with Gasteiger partial charge in [0, 0.05) is 25.2 Å². The number of hydrogen-bond acceptors (Lipinski definition) is 4. The van der Waals surface area contributed by atoms with Crippen LogP contribution in [-0.4, -0.2) is 59.0 Å². The number of aromatic nitrogens is 1. The second kappa shape index (κ2) is 7.49. The first-order chi connectivity index (χ1) is 11.6. The first-order valence-corrected chi connectivity index (χ1v) is 8.99. The van der Waals surface area contributed by atoms with Gasteiger partial charge in [0.2, 0.25) is 0 Å². The number of aromatic amines is 1. The van der Waals surface area contributed by atoms with Crippen LogP contribution < -0.4 is 5.32 Å². The maximum Gasteiger partial charge on any atom is 0.253 e. The third kappa shape index (κ3) is 3.70. The Morgan fingerprint density at radius 3 is 2.75 bits per heavy atom. The second-order valence-electron chi connectivity index (χ2n) is 6.98.